The zero-order valence-electron chi connectivity index (χ0n) is 7.99. The minimum Gasteiger partial charge on any atom is -0.444 e. The van der Waals surface area contributed by atoms with Crippen molar-refractivity contribution in [3.63, 3.8) is 0 Å². The lowest BCUT2D eigenvalue weighted by atomic mass is 10.5. The number of hydrogen-bond donors (Lipinski definition) is 1. The number of aromatic nitrogens is 2. The molecule has 0 aromatic carbocycles. The molecule has 0 saturated heterocycles. The van der Waals surface area contributed by atoms with Gasteiger partial charge in [-0.25, -0.2) is 14.0 Å². The fraction of sp³-hybridized carbons (Fsp3) is 0.286. The monoisotopic (exact) mass is 303 g/mol. The maximum Gasteiger partial charge on any atom is 0.422 e. The third-order valence-corrected chi connectivity index (χ3v) is 1.79. The summed E-state index contributed by atoms with van der Waals surface area (Å²) in [7, 11) is 0. The first kappa shape index (κ1) is 14.0. The maximum atomic E-state index is 13.0. The number of nitrogens with zero attached hydrogens (tertiary/aromatic N) is 2. The normalized spacial score (nSPS) is 11.3. The predicted molar refractivity (Wildman–Crippen MR) is 59.9 cm³/mol. The first-order chi connectivity index (χ1) is 7.70. The van der Waals surface area contributed by atoms with Crippen molar-refractivity contribution in [1.82, 2.24) is 9.55 Å². The summed E-state index contributed by atoms with van der Waals surface area (Å²) in [5, 5.41) is 0. The van der Waals surface area contributed by atoms with Gasteiger partial charge in [0.2, 0.25) is 3.79 Å². The fourth-order valence-electron chi connectivity index (χ4n) is 0.789. The number of nitrogens with two attached hydrogens (primary N) is 1. The van der Waals surface area contributed by atoms with Crippen molar-refractivity contribution in [3.8, 4) is 0 Å². The minimum absolute atomic E-state index is 0.266. The zero-order chi connectivity index (χ0) is 13.2. The van der Waals surface area contributed by atoms with Gasteiger partial charge in [-0.15, -0.1) is 0 Å². The van der Waals surface area contributed by atoms with Gasteiger partial charge >= 0.3 is 11.8 Å². The molecule has 0 unspecified atom stereocenters. The highest BCUT2D eigenvalue weighted by atomic mass is 35.6. The molecular formula is C7H5Cl3FN3O3. The van der Waals surface area contributed by atoms with Gasteiger partial charge in [-0.05, 0) is 0 Å². The lowest BCUT2D eigenvalue weighted by Crippen LogP contribution is -2.32. The van der Waals surface area contributed by atoms with E-state index in [0.29, 0.717) is 6.20 Å². The van der Waals surface area contributed by atoms with Crippen LogP contribution in [0.4, 0.5) is 15.0 Å². The van der Waals surface area contributed by atoms with Gasteiger partial charge < -0.3 is 10.5 Å². The molecule has 1 aromatic rings. The number of hydrogen-bond acceptors (Lipinski definition) is 5. The molecule has 94 valence electrons. The highest BCUT2D eigenvalue weighted by Gasteiger charge is 2.23. The summed E-state index contributed by atoms with van der Waals surface area (Å²) >= 11 is 16.0. The van der Waals surface area contributed by atoms with Gasteiger partial charge in [-0.2, -0.15) is 9.55 Å². The van der Waals surface area contributed by atoms with Crippen molar-refractivity contribution >= 4 is 46.7 Å². The standard InChI is InChI=1S/C7H5Cl3FN3O3/c8-7(9,10)2-17-6(16)14-1-3(11)4(12)13-5(14)15/h1H,2H2,(H2,12,13,15). The molecule has 0 aliphatic heterocycles. The molecule has 17 heavy (non-hydrogen) atoms. The Bertz CT molecular complexity index is 499. The van der Waals surface area contributed by atoms with E-state index in [-0.39, 0.29) is 4.57 Å². The summed E-state index contributed by atoms with van der Waals surface area (Å²) in [6, 6.07) is 0. The van der Waals surface area contributed by atoms with Gasteiger partial charge in [0.25, 0.3) is 0 Å². The van der Waals surface area contributed by atoms with E-state index in [4.69, 9.17) is 40.5 Å². The van der Waals surface area contributed by atoms with Crippen LogP contribution in [-0.4, -0.2) is 26.0 Å². The van der Waals surface area contributed by atoms with Crippen LogP contribution in [0.3, 0.4) is 0 Å². The van der Waals surface area contributed by atoms with Crippen molar-refractivity contribution in [2.45, 2.75) is 3.79 Å². The average molecular weight is 304 g/mol. The molecule has 2 N–H and O–H groups in total. The average Bonchev–Trinajstić information content (AvgIpc) is 2.19. The molecule has 6 nitrogen and oxygen atoms in total. The molecule has 10 heteroatoms. The fourth-order valence-corrected chi connectivity index (χ4v) is 0.953. The number of anilines is 1. The zero-order valence-corrected chi connectivity index (χ0v) is 10.3. The molecule has 0 bridgehead atoms. The van der Waals surface area contributed by atoms with Gasteiger partial charge in [0.15, 0.2) is 11.6 Å². The van der Waals surface area contributed by atoms with E-state index in [0.717, 1.165) is 0 Å². The second kappa shape index (κ2) is 5.07. The van der Waals surface area contributed by atoms with Crippen molar-refractivity contribution in [2.24, 2.45) is 0 Å². The molecule has 1 heterocycles. The second-order valence-corrected chi connectivity index (χ2v) is 5.31. The van der Waals surface area contributed by atoms with E-state index >= 15 is 0 Å². The van der Waals surface area contributed by atoms with E-state index in [1.807, 2.05) is 0 Å². The number of carbonyl (C=O) groups is 1. The Balaban J connectivity index is 2.90. The first-order valence-electron chi connectivity index (χ1n) is 3.99. The quantitative estimate of drug-likeness (QED) is 0.791. The Labute approximate surface area is 109 Å². The SMILES string of the molecule is Nc1nc(=O)n(C(=O)OCC(Cl)(Cl)Cl)cc1F. The molecule has 0 aliphatic rings. The van der Waals surface area contributed by atoms with E-state index in [2.05, 4.69) is 9.72 Å². The number of ether oxygens (including phenoxy) is 1. The van der Waals surface area contributed by atoms with Crippen LogP contribution in [0.1, 0.15) is 0 Å². The number of carbonyl (C=O) groups excluding carboxylic acids is 1. The molecule has 0 saturated carbocycles. The molecule has 1 rings (SSSR count). The van der Waals surface area contributed by atoms with Gasteiger partial charge in [0.1, 0.15) is 6.61 Å². The molecule has 0 spiro atoms. The predicted octanol–water partition coefficient (Wildman–Crippen LogP) is 1.32. The summed E-state index contributed by atoms with van der Waals surface area (Å²) in [4.78, 5) is 25.5. The first-order valence-corrected chi connectivity index (χ1v) is 5.12. The second-order valence-electron chi connectivity index (χ2n) is 2.80. The van der Waals surface area contributed by atoms with Crippen LogP contribution in [0.25, 0.3) is 0 Å². The summed E-state index contributed by atoms with van der Waals surface area (Å²) in [6.45, 7) is -0.602. The van der Waals surface area contributed by atoms with E-state index < -0.39 is 33.8 Å². The number of nitrogen functional groups attached to an aromatic ring is 1. The molecule has 0 atom stereocenters. The van der Waals surface area contributed by atoms with Crippen molar-refractivity contribution in [1.29, 1.82) is 0 Å². The lowest BCUT2D eigenvalue weighted by Gasteiger charge is -2.11. The summed E-state index contributed by atoms with van der Waals surface area (Å²) in [6.07, 6.45) is -0.696. The van der Waals surface area contributed by atoms with Crippen LogP contribution in [-0.2, 0) is 4.74 Å². The van der Waals surface area contributed by atoms with Crippen molar-refractivity contribution < 1.29 is 13.9 Å². The molecule has 1 aromatic heterocycles. The highest BCUT2D eigenvalue weighted by Crippen LogP contribution is 2.25. The number of alkyl halides is 3. The number of halogens is 4. The molecule has 0 amide bonds. The Hall–Kier alpha value is -1.05. The van der Waals surface area contributed by atoms with Gasteiger partial charge in [-0.3, -0.25) is 0 Å². The molecule has 0 aliphatic carbocycles. The van der Waals surface area contributed by atoms with Crippen LogP contribution in [0, 0.1) is 5.82 Å². The smallest absolute Gasteiger partial charge is 0.422 e. The topological polar surface area (TPSA) is 87.2 Å². The van der Waals surface area contributed by atoms with Gasteiger partial charge in [0.05, 0.1) is 6.20 Å². The highest BCUT2D eigenvalue weighted by molar-refractivity contribution is 6.67. The summed E-state index contributed by atoms with van der Waals surface area (Å²) in [5.41, 5.74) is 3.92. The minimum atomic E-state index is -1.83. The van der Waals surface area contributed by atoms with Crippen LogP contribution in [0.15, 0.2) is 11.0 Å². The third kappa shape index (κ3) is 4.03. The Kier molecular flexibility index (Phi) is 4.18. The number of rotatable bonds is 1. The van der Waals surface area contributed by atoms with E-state index in [1.165, 1.54) is 0 Å². The summed E-state index contributed by atoms with van der Waals surface area (Å²) < 4.78 is 15.8. The third-order valence-electron chi connectivity index (χ3n) is 1.47. The van der Waals surface area contributed by atoms with Crippen LogP contribution in [0.5, 0.6) is 0 Å². The Morgan fingerprint density at radius 2 is 2.18 bits per heavy atom. The summed E-state index contributed by atoms with van der Waals surface area (Å²) in [5.74, 6) is -1.67. The van der Waals surface area contributed by atoms with Gasteiger partial charge in [0, 0.05) is 0 Å². The largest absolute Gasteiger partial charge is 0.444 e. The van der Waals surface area contributed by atoms with Crippen LogP contribution < -0.4 is 11.4 Å². The van der Waals surface area contributed by atoms with E-state index in [1.54, 1.807) is 0 Å². The Morgan fingerprint density at radius 1 is 1.59 bits per heavy atom. The molecule has 0 radical (unpaired) electrons. The van der Waals surface area contributed by atoms with Crippen molar-refractivity contribution in [3.05, 3.63) is 22.5 Å². The Morgan fingerprint density at radius 3 is 2.71 bits per heavy atom. The lowest BCUT2D eigenvalue weighted by molar-refractivity contribution is 0.148. The molecule has 0 fully saturated rings. The van der Waals surface area contributed by atoms with E-state index in [9.17, 15) is 14.0 Å². The van der Waals surface area contributed by atoms with Crippen LogP contribution in [0.2, 0.25) is 0 Å². The molecular weight excluding hydrogens is 299 g/mol. The van der Waals surface area contributed by atoms with Crippen LogP contribution >= 0.6 is 34.8 Å². The maximum absolute atomic E-state index is 13.0. The van der Waals surface area contributed by atoms with Gasteiger partial charge in [-0.1, -0.05) is 34.8 Å². The van der Waals surface area contributed by atoms with Crippen molar-refractivity contribution in [2.75, 3.05) is 12.3 Å².